The Balaban J connectivity index is 2.82. The molecule has 1 amide bonds. The molecule has 1 fully saturated rings. The Labute approximate surface area is 216 Å². The lowest BCUT2D eigenvalue weighted by Gasteiger charge is -2.34. The van der Waals surface area contributed by atoms with E-state index in [2.05, 4.69) is 6.58 Å². The van der Waals surface area contributed by atoms with Crippen LogP contribution < -0.4 is 0 Å². The average Bonchev–Trinajstić information content (AvgIpc) is 3.20. The second kappa shape index (κ2) is 13.1. The molecule has 1 aliphatic rings. The molecule has 11 heteroatoms. The van der Waals surface area contributed by atoms with Gasteiger partial charge in [0.2, 0.25) is 3.79 Å². The SMILES string of the molecule is C=C[C@@H](C)[C@H](C[C@H](C)C[C@H](OC(=O)C1CCCN1C(=O)O)C(C)(C)C)OC(=O)OCC(Cl)(Cl)Cl. The molecule has 1 rings (SSSR count). The fraction of sp³-hybridized carbons (Fsp3) is 0.783. The zero-order chi connectivity index (χ0) is 26.3. The number of rotatable bonds is 10. The Morgan fingerprint density at radius 1 is 1.15 bits per heavy atom. The van der Waals surface area contributed by atoms with E-state index in [-0.39, 0.29) is 17.3 Å². The van der Waals surface area contributed by atoms with Gasteiger partial charge in [0.05, 0.1) is 0 Å². The summed E-state index contributed by atoms with van der Waals surface area (Å²) in [6.45, 7) is 13.3. The van der Waals surface area contributed by atoms with Crippen molar-refractivity contribution in [2.45, 2.75) is 82.3 Å². The maximum absolute atomic E-state index is 12.8. The van der Waals surface area contributed by atoms with Gasteiger partial charge in [-0.1, -0.05) is 75.5 Å². The smallest absolute Gasteiger partial charge is 0.465 e. The van der Waals surface area contributed by atoms with E-state index in [0.717, 1.165) is 4.90 Å². The highest BCUT2D eigenvalue weighted by molar-refractivity contribution is 6.67. The predicted molar refractivity (Wildman–Crippen MR) is 131 cm³/mol. The van der Waals surface area contributed by atoms with Crippen molar-refractivity contribution in [1.82, 2.24) is 4.90 Å². The molecule has 1 heterocycles. The number of esters is 1. The molecule has 0 bridgehead atoms. The summed E-state index contributed by atoms with van der Waals surface area (Å²) in [5.41, 5.74) is -0.389. The Morgan fingerprint density at radius 3 is 2.26 bits per heavy atom. The minimum absolute atomic E-state index is 0.0236. The first-order chi connectivity index (χ1) is 15.5. The van der Waals surface area contributed by atoms with Crippen molar-refractivity contribution in [2.75, 3.05) is 13.2 Å². The third-order valence-corrected chi connectivity index (χ3v) is 6.13. The molecule has 34 heavy (non-hydrogen) atoms. The molecule has 0 radical (unpaired) electrons. The van der Waals surface area contributed by atoms with Gasteiger partial charge in [0.1, 0.15) is 24.9 Å². The first-order valence-electron chi connectivity index (χ1n) is 11.3. The van der Waals surface area contributed by atoms with E-state index in [1.807, 2.05) is 34.6 Å². The molecular formula is C23H36Cl3NO7. The van der Waals surface area contributed by atoms with Crippen molar-refractivity contribution < 1.29 is 33.7 Å². The van der Waals surface area contributed by atoms with Gasteiger partial charge in [0.15, 0.2) is 0 Å². The summed E-state index contributed by atoms with van der Waals surface area (Å²) in [5.74, 6) is -0.736. The lowest BCUT2D eigenvalue weighted by atomic mass is 9.81. The molecule has 8 nitrogen and oxygen atoms in total. The van der Waals surface area contributed by atoms with Crippen LogP contribution >= 0.6 is 34.8 Å². The van der Waals surface area contributed by atoms with Crippen molar-refractivity contribution >= 4 is 53.0 Å². The summed E-state index contributed by atoms with van der Waals surface area (Å²) in [6, 6.07) is -0.790. The average molecular weight is 545 g/mol. The van der Waals surface area contributed by atoms with Crippen LogP contribution in [-0.2, 0) is 19.0 Å². The van der Waals surface area contributed by atoms with Gasteiger partial charge in [-0.25, -0.2) is 14.4 Å². The standard InChI is InChI=1S/C23H36Cl3NO7/c1-7-15(3)17(33-21(31)32-13-23(24,25)26)11-14(2)12-18(22(4,5)6)34-19(28)16-9-8-10-27(16)20(29)30/h7,14-18H,1,8-13H2,2-6H3,(H,29,30)/t14-,15+,16?,17-,18-/m0/s1. The van der Waals surface area contributed by atoms with Gasteiger partial charge in [0.25, 0.3) is 0 Å². The van der Waals surface area contributed by atoms with Crippen LogP contribution in [0.1, 0.15) is 60.3 Å². The van der Waals surface area contributed by atoms with E-state index < -0.39 is 46.9 Å². The molecule has 196 valence electrons. The van der Waals surface area contributed by atoms with Gasteiger partial charge >= 0.3 is 18.2 Å². The first kappa shape index (κ1) is 30.7. The van der Waals surface area contributed by atoms with Crippen molar-refractivity contribution in [1.29, 1.82) is 0 Å². The van der Waals surface area contributed by atoms with E-state index >= 15 is 0 Å². The third kappa shape index (κ3) is 10.5. The number of amides is 1. The van der Waals surface area contributed by atoms with Crippen LogP contribution in [0.15, 0.2) is 12.7 Å². The van der Waals surface area contributed by atoms with E-state index in [1.165, 1.54) is 0 Å². The quantitative estimate of drug-likeness (QED) is 0.198. The molecule has 0 spiro atoms. The van der Waals surface area contributed by atoms with Gasteiger partial charge in [0, 0.05) is 12.5 Å². The van der Waals surface area contributed by atoms with E-state index in [4.69, 9.17) is 49.0 Å². The number of hydrogen-bond acceptors (Lipinski definition) is 6. The molecule has 1 N–H and O–H groups in total. The van der Waals surface area contributed by atoms with Crippen LogP contribution in [0.2, 0.25) is 0 Å². The molecule has 0 aromatic heterocycles. The van der Waals surface area contributed by atoms with E-state index in [9.17, 15) is 19.5 Å². The fourth-order valence-corrected chi connectivity index (χ4v) is 3.88. The Bertz CT molecular complexity index is 720. The summed E-state index contributed by atoms with van der Waals surface area (Å²) < 4.78 is 14.4. The summed E-state index contributed by atoms with van der Waals surface area (Å²) in [7, 11) is 0. The number of carbonyl (C=O) groups excluding carboxylic acids is 2. The minimum Gasteiger partial charge on any atom is -0.465 e. The Hall–Kier alpha value is -1.38. The lowest BCUT2D eigenvalue weighted by molar-refractivity contribution is -0.161. The van der Waals surface area contributed by atoms with Crippen molar-refractivity contribution in [3.63, 3.8) is 0 Å². The van der Waals surface area contributed by atoms with Gasteiger partial charge in [-0.2, -0.15) is 0 Å². The van der Waals surface area contributed by atoms with Gasteiger partial charge in [-0.15, -0.1) is 6.58 Å². The Kier molecular flexibility index (Phi) is 11.8. The maximum Gasteiger partial charge on any atom is 0.508 e. The molecular weight excluding hydrogens is 509 g/mol. The van der Waals surface area contributed by atoms with E-state index in [1.54, 1.807) is 6.08 Å². The topological polar surface area (TPSA) is 102 Å². The zero-order valence-electron chi connectivity index (χ0n) is 20.4. The number of carboxylic acid groups (broad SMARTS) is 1. The van der Waals surface area contributed by atoms with Crippen LogP contribution in [0.5, 0.6) is 0 Å². The van der Waals surface area contributed by atoms with Crippen LogP contribution in [-0.4, -0.2) is 63.4 Å². The number of carbonyl (C=O) groups is 3. The molecule has 0 aromatic rings. The largest absolute Gasteiger partial charge is 0.508 e. The monoisotopic (exact) mass is 543 g/mol. The molecule has 5 atom stereocenters. The molecule has 1 aliphatic heterocycles. The highest BCUT2D eigenvalue weighted by Crippen LogP contribution is 2.32. The van der Waals surface area contributed by atoms with Crippen molar-refractivity contribution in [3.05, 3.63) is 12.7 Å². The highest BCUT2D eigenvalue weighted by Gasteiger charge is 2.39. The van der Waals surface area contributed by atoms with Crippen molar-refractivity contribution in [3.8, 4) is 0 Å². The number of hydrogen-bond donors (Lipinski definition) is 1. The minimum atomic E-state index is -1.74. The van der Waals surface area contributed by atoms with Crippen LogP contribution in [0.3, 0.4) is 0 Å². The first-order valence-corrected chi connectivity index (χ1v) is 12.4. The molecule has 1 saturated heterocycles. The number of likely N-dealkylation sites (tertiary alicyclic amines) is 1. The lowest BCUT2D eigenvalue weighted by Crippen LogP contribution is -2.44. The fourth-order valence-electron chi connectivity index (χ4n) is 3.72. The van der Waals surface area contributed by atoms with Crippen LogP contribution in [0.4, 0.5) is 9.59 Å². The summed E-state index contributed by atoms with van der Waals surface area (Å²) in [4.78, 5) is 37.4. The number of nitrogens with zero attached hydrogens (tertiary/aromatic N) is 1. The van der Waals surface area contributed by atoms with Gasteiger partial charge in [-0.05, 0) is 37.0 Å². The highest BCUT2D eigenvalue weighted by atomic mass is 35.6. The number of alkyl halides is 3. The second-order valence-electron chi connectivity index (χ2n) is 9.91. The second-order valence-corrected chi connectivity index (χ2v) is 12.4. The van der Waals surface area contributed by atoms with Gasteiger partial charge < -0.3 is 19.3 Å². The summed E-state index contributed by atoms with van der Waals surface area (Å²) in [5, 5.41) is 9.34. The number of halogens is 3. The van der Waals surface area contributed by atoms with Crippen LogP contribution in [0.25, 0.3) is 0 Å². The molecule has 0 saturated carbocycles. The predicted octanol–water partition coefficient (Wildman–Crippen LogP) is 6.22. The van der Waals surface area contributed by atoms with E-state index in [0.29, 0.717) is 32.2 Å². The summed E-state index contributed by atoms with van der Waals surface area (Å²) >= 11 is 16.8. The maximum atomic E-state index is 12.8. The molecule has 0 aliphatic carbocycles. The number of ether oxygens (including phenoxy) is 3. The van der Waals surface area contributed by atoms with Crippen molar-refractivity contribution in [2.24, 2.45) is 17.3 Å². The van der Waals surface area contributed by atoms with Crippen LogP contribution in [0, 0.1) is 17.3 Å². The van der Waals surface area contributed by atoms with Gasteiger partial charge in [-0.3, -0.25) is 4.90 Å². The zero-order valence-corrected chi connectivity index (χ0v) is 22.7. The summed E-state index contributed by atoms with van der Waals surface area (Å²) in [6.07, 6.45) is 0.571. The Morgan fingerprint density at radius 2 is 1.76 bits per heavy atom. The normalized spacial score (nSPS) is 20.1. The molecule has 0 aromatic carbocycles. The molecule has 1 unspecified atom stereocenters. The third-order valence-electron chi connectivity index (χ3n) is 5.81.